The Bertz CT molecular complexity index is 1370. The van der Waals surface area contributed by atoms with Gasteiger partial charge in [-0.3, -0.25) is 4.79 Å². The van der Waals surface area contributed by atoms with Crippen LogP contribution in [0.2, 0.25) is 0 Å². The highest BCUT2D eigenvalue weighted by molar-refractivity contribution is 5.76. The van der Waals surface area contributed by atoms with Crippen molar-refractivity contribution < 1.29 is 39.8 Å². The number of carbonyl (C=O) groups excluding carboxylic acids is 1. The Morgan fingerprint density at radius 3 is 1.08 bits per heavy atom. The van der Waals surface area contributed by atoms with Crippen LogP contribution in [-0.2, 0) is 14.3 Å². The highest BCUT2D eigenvalue weighted by Crippen LogP contribution is 2.23. The second-order valence-electron chi connectivity index (χ2n) is 23.6. The second kappa shape index (κ2) is 58.4. The number of nitrogens with one attached hydrogen (secondary N) is 1. The number of hydrogen-bond donors (Lipinski definition) is 6. The van der Waals surface area contributed by atoms with Crippen molar-refractivity contribution in [3.8, 4) is 0 Å². The van der Waals surface area contributed by atoms with Gasteiger partial charge in [-0.1, -0.05) is 300 Å². The monoisotopic (exact) mass is 1100 g/mol. The molecule has 7 atom stereocenters. The Balaban J connectivity index is 2.09. The lowest BCUT2D eigenvalue weighted by Crippen LogP contribution is -2.60. The number of amides is 1. The van der Waals surface area contributed by atoms with Crippen LogP contribution in [0, 0.1) is 0 Å². The van der Waals surface area contributed by atoms with Gasteiger partial charge in [-0.2, -0.15) is 0 Å². The van der Waals surface area contributed by atoms with Crippen LogP contribution in [0.5, 0.6) is 0 Å². The van der Waals surface area contributed by atoms with Gasteiger partial charge in [-0.05, 0) is 70.6 Å². The molecule has 0 saturated carbocycles. The van der Waals surface area contributed by atoms with Gasteiger partial charge in [-0.25, -0.2) is 0 Å². The maximum Gasteiger partial charge on any atom is 0.220 e. The third-order valence-corrected chi connectivity index (χ3v) is 16.1. The van der Waals surface area contributed by atoms with Gasteiger partial charge in [0.05, 0.1) is 25.4 Å². The summed E-state index contributed by atoms with van der Waals surface area (Å²) in [5.41, 5.74) is 0. The minimum absolute atomic E-state index is 0.186. The maximum atomic E-state index is 13.1. The van der Waals surface area contributed by atoms with Crippen molar-refractivity contribution in [2.45, 2.75) is 371 Å². The van der Waals surface area contributed by atoms with Crippen molar-refractivity contribution >= 4 is 5.91 Å². The molecule has 9 heteroatoms. The summed E-state index contributed by atoms with van der Waals surface area (Å²) in [5, 5.41) is 54.6. The third-order valence-electron chi connectivity index (χ3n) is 16.1. The average molecular weight is 1100 g/mol. The third kappa shape index (κ3) is 46.7. The molecule has 6 N–H and O–H groups in total. The highest BCUT2D eigenvalue weighted by Gasteiger charge is 2.44. The Labute approximate surface area is 482 Å². The minimum atomic E-state index is -1.58. The van der Waals surface area contributed by atoms with Crippen molar-refractivity contribution in [3.05, 3.63) is 48.6 Å². The first-order chi connectivity index (χ1) is 38.3. The fourth-order valence-corrected chi connectivity index (χ4v) is 10.8. The maximum absolute atomic E-state index is 13.1. The summed E-state index contributed by atoms with van der Waals surface area (Å²) in [6, 6.07) is -0.829. The van der Waals surface area contributed by atoms with E-state index in [-0.39, 0.29) is 12.5 Å². The summed E-state index contributed by atoms with van der Waals surface area (Å²) in [6.45, 7) is 3.79. The van der Waals surface area contributed by atoms with Crippen LogP contribution < -0.4 is 5.32 Å². The summed E-state index contributed by atoms with van der Waals surface area (Å²) in [6.07, 6.45) is 72.3. The molecule has 0 aromatic heterocycles. The smallest absolute Gasteiger partial charge is 0.220 e. The van der Waals surface area contributed by atoms with Crippen molar-refractivity contribution in [3.63, 3.8) is 0 Å². The van der Waals surface area contributed by atoms with E-state index in [9.17, 15) is 30.3 Å². The van der Waals surface area contributed by atoms with E-state index in [1.807, 2.05) is 6.08 Å². The first-order valence-electron chi connectivity index (χ1n) is 33.9. The molecule has 1 heterocycles. The molecule has 1 amide bonds. The SMILES string of the molecule is CCCCCCCCCC/C=C/CC/C=C/CC/C=C/C(O)C(COC1OC(CO)C(O)C(O)C1O)NC(=O)CCCCCCCCCCCCCCCCCCC/C=C\CCCCCCCCCCCCCCCCCC. The minimum Gasteiger partial charge on any atom is -0.394 e. The quantitative estimate of drug-likeness (QED) is 0.0261. The Kier molecular flexibility index (Phi) is 55.5. The van der Waals surface area contributed by atoms with Crippen molar-refractivity contribution in [2.24, 2.45) is 0 Å². The van der Waals surface area contributed by atoms with Gasteiger partial charge in [0.1, 0.15) is 24.4 Å². The number of hydrogen-bond acceptors (Lipinski definition) is 8. The lowest BCUT2D eigenvalue weighted by molar-refractivity contribution is -0.302. The molecule has 78 heavy (non-hydrogen) atoms. The molecule has 0 aliphatic carbocycles. The highest BCUT2D eigenvalue weighted by atomic mass is 16.7. The Morgan fingerprint density at radius 1 is 0.423 bits per heavy atom. The largest absolute Gasteiger partial charge is 0.394 e. The fourth-order valence-electron chi connectivity index (χ4n) is 10.8. The van der Waals surface area contributed by atoms with Crippen LogP contribution in [-0.4, -0.2) is 87.5 Å². The normalized spacial score (nSPS) is 18.9. The van der Waals surface area contributed by atoms with Gasteiger partial charge in [0.2, 0.25) is 5.91 Å². The Morgan fingerprint density at radius 2 is 0.731 bits per heavy atom. The van der Waals surface area contributed by atoms with Gasteiger partial charge in [0, 0.05) is 6.42 Å². The molecule has 0 spiro atoms. The number of unbranched alkanes of at least 4 members (excludes halogenated alkanes) is 43. The van der Waals surface area contributed by atoms with Gasteiger partial charge in [0.15, 0.2) is 6.29 Å². The van der Waals surface area contributed by atoms with Gasteiger partial charge < -0.3 is 40.3 Å². The molecule has 1 aliphatic rings. The second-order valence-corrected chi connectivity index (χ2v) is 23.6. The van der Waals surface area contributed by atoms with E-state index in [1.54, 1.807) is 6.08 Å². The predicted molar refractivity (Wildman–Crippen MR) is 332 cm³/mol. The van der Waals surface area contributed by atoms with E-state index in [4.69, 9.17) is 9.47 Å². The zero-order valence-electron chi connectivity index (χ0n) is 51.2. The first kappa shape index (κ1) is 74.2. The molecule has 0 radical (unpaired) electrons. The summed E-state index contributed by atoms with van der Waals surface area (Å²) in [4.78, 5) is 13.1. The fraction of sp³-hybridized carbons (Fsp3) is 0.870. The number of aliphatic hydroxyl groups excluding tert-OH is 5. The van der Waals surface area contributed by atoms with Crippen LogP contribution in [0.3, 0.4) is 0 Å². The zero-order chi connectivity index (χ0) is 56.5. The van der Waals surface area contributed by atoms with E-state index in [2.05, 4.69) is 55.6 Å². The van der Waals surface area contributed by atoms with E-state index in [1.165, 1.54) is 263 Å². The molecule has 0 aromatic rings. The molecular weight excluding hydrogens is 971 g/mol. The van der Waals surface area contributed by atoms with Crippen molar-refractivity contribution in [1.29, 1.82) is 0 Å². The van der Waals surface area contributed by atoms with Crippen molar-refractivity contribution in [1.82, 2.24) is 5.32 Å². The molecular formula is C69H129NO8. The summed E-state index contributed by atoms with van der Waals surface area (Å²) >= 11 is 0. The number of aliphatic hydroxyl groups is 5. The molecule has 1 saturated heterocycles. The van der Waals surface area contributed by atoms with Crippen LogP contribution in [0.4, 0.5) is 0 Å². The average Bonchev–Trinajstić information content (AvgIpc) is 3.45. The molecule has 9 nitrogen and oxygen atoms in total. The van der Waals surface area contributed by atoms with Gasteiger partial charge in [0.25, 0.3) is 0 Å². The summed E-state index contributed by atoms with van der Waals surface area (Å²) < 4.78 is 11.3. The van der Waals surface area contributed by atoms with E-state index in [0.29, 0.717) is 6.42 Å². The Hall–Kier alpha value is -1.85. The number of rotatable bonds is 59. The number of allylic oxidation sites excluding steroid dienone is 7. The molecule has 1 aliphatic heterocycles. The molecule has 0 bridgehead atoms. The molecule has 7 unspecified atom stereocenters. The van der Waals surface area contributed by atoms with Crippen LogP contribution in [0.1, 0.15) is 328 Å². The number of ether oxygens (including phenoxy) is 2. The van der Waals surface area contributed by atoms with E-state index in [0.717, 1.165) is 44.9 Å². The van der Waals surface area contributed by atoms with E-state index >= 15 is 0 Å². The lowest BCUT2D eigenvalue weighted by atomic mass is 9.99. The van der Waals surface area contributed by atoms with Crippen LogP contribution in [0.25, 0.3) is 0 Å². The predicted octanol–water partition coefficient (Wildman–Crippen LogP) is 18.0. The molecule has 0 aromatic carbocycles. The van der Waals surface area contributed by atoms with Crippen LogP contribution >= 0.6 is 0 Å². The number of carbonyl (C=O) groups is 1. The first-order valence-corrected chi connectivity index (χ1v) is 33.9. The zero-order valence-corrected chi connectivity index (χ0v) is 51.2. The van der Waals surface area contributed by atoms with Gasteiger partial charge >= 0.3 is 0 Å². The summed E-state index contributed by atoms with van der Waals surface area (Å²) in [5.74, 6) is -0.186. The van der Waals surface area contributed by atoms with Gasteiger partial charge in [-0.15, -0.1) is 0 Å². The summed E-state index contributed by atoms with van der Waals surface area (Å²) in [7, 11) is 0. The van der Waals surface area contributed by atoms with E-state index < -0.39 is 49.5 Å². The lowest BCUT2D eigenvalue weighted by Gasteiger charge is -2.40. The molecule has 1 rings (SSSR count). The molecule has 458 valence electrons. The van der Waals surface area contributed by atoms with Crippen molar-refractivity contribution in [2.75, 3.05) is 13.2 Å². The standard InChI is InChI=1S/C69H129NO8/c1-3-5-7-9-11-13-15-17-19-21-23-24-25-26-27-28-29-30-31-32-33-34-35-36-37-38-39-40-41-43-45-47-49-51-53-55-57-59-65(73)70-62(61-77-69-68(76)67(75)66(74)64(60-71)78-69)63(72)58-56-54-52-50-48-46-44-42-22-20-18-16-14-12-10-8-6-4-2/h22,30-31,42,48,50,56,58,62-64,66-69,71-72,74-76H,3-21,23-29,32-41,43-47,49,51-55,57,59-61H2,1-2H3,(H,70,73)/b31-30-,42-22+,50-48+,58-56+. The molecule has 1 fully saturated rings. The topological polar surface area (TPSA) is 149 Å². The van der Waals surface area contributed by atoms with Crippen LogP contribution in [0.15, 0.2) is 48.6 Å².